The molecule has 0 aliphatic rings. The molecule has 1 heterocycles. The van der Waals surface area contributed by atoms with Crippen LogP contribution in [-0.4, -0.2) is 34.2 Å². The predicted molar refractivity (Wildman–Crippen MR) is 97.7 cm³/mol. The van der Waals surface area contributed by atoms with Gasteiger partial charge in [-0.3, -0.25) is 14.9 Å². The van der Waals surface area contributed by atoms with Crippen molar-refractivity contribution in [3.63, 3.8) is 0 Å². The summed E-state index contributed by atoms with van der Waals surface area (Å²) in [5, 5.41) is 5.77. The summed E-state index contributed by atoms with van der Waals surface area (Å²) in [5.74, 6) is -2.02. The highest BCUT2D eigenvalue weighted by Crippen LogP contribution is 2.24. The first-order valence-corrected chi connectivity index (χ1v) is 8.35. The van der Waals surface area contributed by atoms with Gasteiger partial charge in [-0.2, -0.15) is 4.98 Å². The standard InChI is InChI=1S/C19H15FN4O5/c1-10(15(21)25)28-19(27)23-17(26)12-6-4-5-11(9-12)16-22-18(29-24-16)13-7-2-3-8-14(13)20/h2-10H,1H3,(H2,21,25)(H,23,26,27). The van der Waals surface area contributed by atoms with Crippen LogP contribution in [0.2, 0.25) is 0 Å². The summed E-state index contributed by atoms with van der Waals surface area (Å²) in [5.41, 5.74) is 5.64. The van der Waals surface area contributed by atoms with Gasteiger partial charge in [0, 0.05) is 11.1 Å². The number of halogens is 1. The van der Waals surface area contributed by atoms with Crippen LogP contribution in [0.4, 0.5) is 9.18 Å². The molecule has 0 spiro atoms. The van der Waals surface area contributed by atoms with Gasteiger partial charge < -0.3 is 15.0 Å². The van der Waals surface area contributed by atoms with Gasteiger partial charge in [-0.1, -0.05) is 29.4 Å². The van der Waals surface area contributed by atoms with Crippen LogP contribution in [0, 0.1) is 5.82 Å². The number of hydrogen-bond acceptors (Lipinski definition) is 7. The Labute approximate surface area is 163 Å². The van der Waals surface area contributed by atoms with Gasteiger partial charge in [-0.15, -0.1) is 0 Å². The molecule has 0 radical (unpaired) electrons. The molecule has 3 rings (SSSR count). The molecule has 9 nitrogen and oxygen atoms in total. The molecule has 2 aromatic carbocycles. The van der Waals surface area contributed by atoms with E-state index in [9.17, 15) is 18.8 Å². The Bertz CT molecular complexity index is 1080. The number of benzene rings is 2. The summed E-state index contributed by atoms with van der Waals surface area (Å²) in [7, 11) is 0. The Morgan fingerprint density at radius 2 is 1.93 bits per heavy atom. The molecule has 0 aliphatic carbocycles. The monoisotopic (exact) mass is 398 g/mol. The van der Waals surface area contributed by atoms with Crippen molar-refractivity contribution in [2.75, 3.05) is 0 Å². The molecular weight excluding hydrogens is 383 g/mol. The number of amides is 3. The summed E-state index contributed by atoms with van der Waals surface area (Å²) < 4.78 is 23.6. The van der Waals surface area contributed by atoms with Gasteiger partial charge in [0.05, 0.1) is 5.56 Å². The van der Waals surface area contributed by atoms with Crippen molar-refractivity contribution in [2.24, 2.45) is 5.73 Å². The minimum absolute atomic E-state index is 0.0167. The topological polar surface area (TPSA) is 137 Å². The van der Waals surface area contributed by atoms with E-state index < -0.39 is 29.8 Å². The number of ether oxygens (including phenoxy) is 1. The second-order valence-corrected chi connectivity index (χ2v) is 5.89. The van der Waals surface area contributed by atoms with Crippen molar-refractivity contribution >= 4 is 17.9 Å². The third-order valence-electron chi connectivity index (χ3n) is 3.81. The highest BCUT2D eigenvalue weighted by Gasteiger charge is 2.19. The van der Waals surface area contributed by atoms with E-state index in [2.05, 4.69) is 14.9 Å². The van der Waals surface area contributed by atoms with E-state index in [1.807, 2.05) is 5.32 Å². The van der Waals surface area contributed by atoms with E-state index in [1.165, 1.54) is 37.3 Å². The lowest BCUT2D eigenvalue weighted by Gasteiger charge is -2.10. The number of hydrogen-bond donors (Lipinski definition) is 2. The maximum absolute atomic E-state index is 13.9. The predicted octanol–water partition coefficient (Wildman–Crippen LogP) is 2.28. The largest absolute Gasteiger partial charge is 0.436 e. The Morgan fingerprint density at radius 3 is 2.66 bits per heavy atom. The van der Waals surface area contributed by atoms with Gasteiger partial charge in [0.15, 0.2) is 6.10 Å². The van der Waals surface area contributed by atoms with Crippen molar-refractivity contribution in [2.45, 2.75) is 13.0 Å². The number of primary amides is 1. The van der Waals surface area contributed by atoms with Crippen molar-refractivity contribution in [1.29, 1.82) is 0 Å². The van der Waals surface area contributed by atoms with E-state index in [1.54, 1.807) is 18.2 Å². The Hall–Kier alpha value is -4.08. The molecule has 1 unspecified atom stereocenters. The van der Waals surface area contributed by atoms with Gasteiger partial charge in [-0.25, -0.2) is 9.18 Å². The average molecular weight is 398 g/mol. The fourth-order valence-electron chi connectivity index (χ4n) is 2.30. The molecule has 29 heavy (non-hydrogen) atoms. The maximum atomic E-state index is 13.9. The molecule has 3 aromatic rings. The van der Waals surface area contributed by atoms with Crippen LogP contribution >= 0.6 is 0 Å². The van der Waals surface area contributed by atoms with Gasteiger partial charge >= 0.3 is 6.09 Å². The molecule has 10 heteroatoms. The third kappa shape index (κ3) is 4.61. The normalized spacial score (nSPS) is 11.5. The summed E-state index contributed by atoms with van der Waals surface area (Å²) in [4.78, 5) is 38.9. The molecule has 0 saturated heterocycles. The minimum Gasteiger partial charge on any atom is -0.436 e. The van der Waals surface area contributed by atoms with Crippen molar-refractivity contribution in [1.82, 2.24) is 15.5 Å². The first-order chi connectivity index (χ1) is 13.8. The second kappa shape index (κ2) is 8.30. The van der Waals surface area contributed by atoms with Gasteiger partial charge in [0.1, 0.15) is 5.82 Å². The quantitative estimate of drug-likeness (QED) is 0.672. The average Bonchev–Trinajstić information content (AvgIpc) is 3.18. The zero-order chi connectivity index (χ0) is 21.0. The van der Waals surface area contributed by atoms with Crippen molar-refractivity contribution < 1.29 is 28.0 Å². The number of nitrogens with zero attached hydrogens (tertiary/aromatic N) is 2. The van der Waals surface area contributed by atoms with E-state index in [-0.39, 0.29) is 22.8 Å². The van der Waals surface area contributed by atoms with Crippen molar-refractivity contribution in [3.8, 4) is 22.8 Å². The molecular formula is C19H15FN4O5. The fraction of sp³-hybridized carbons (Fsp3) is 0.105. The van der Waals surface area contributed by atoms with E-state index in [0.29, 0.717) is 5.56 Å². The molecule has 0 aliphatic heterocycles. The number of carbonyl (C=O) groups excluding carboxylic acids is 3. The summed E-state index contributed by atoms with van der Waals surface area (Å²) in [6, 6.07) is 11.9. The Morgan fingerprint density at radius 1 is 1.17 bits per heavy atom. The van der Waals surface area contributed by atoms with Gasteiger partial charge in [0.2, 0.25) is 5.82 Å². The summed E-state index contributed by atoms with van der Waals surface area (Å²) >= 11 is 0. The van der Waals surface area contributed by atoms with E-state index >= 15 is 0 Å². The van der Waals surface area contributed by atoms with Crippen LogP contribution < -0.4 is 11.1 Å². The minimum atomic E-state index is -1.19. The van der Waals surface area contributed by atoms with Crippen LogP contribution in [-0.2, 0) is 9.53 Å². The molecule has 0 fully saturated rings. The Kier molecular flexibility index (Phi) is 5.63. The Balaban J connectivity index is 1.76. The first kappa shape index (κ1) is 19.7. The molecule has 3 amide bonds. The number of nitrogens with one attached hydrogen (secondary N) is 1. The third-order valence-corrected chi connectivity index (χ3v) is 3.81. The van der Waals surface area contributed by atoms with Crippen LogP contribution in [0.15, 0.2) is 53.1 Å². The lowest BCUT2D eigenvalue weighted by atomic mass is 10.1. The molecule has 1 atom stereocenters. The zero-order valence-corrected chi connectivity index (χ0v) is 15.1. The SMILES string of the molecule is CC(OC(=O)NC(=O)c1cccc(-c2noc(-c3ccccc3F)n2)c1)C(N)=O. The molecule has 148 valence electrons. The number of carbonyl (C=O) groups is 3. The lowest BCUT2D eigenvalue weighted by Crippen LogP contribution is -2.37. The molecule has 3 N–H and O–H groups in total. The zero-order valence-electron chi connectivity index (χ0n) is 15.1. The summed E-state index contributed by atoms with van der Waals surface area (Å²) in [6.07, 6.45) is -2.31. The second-order valence-electron chi connectivity index (χ2n) is 5.89. The lowest BCUT2D eigenvalue weighted by molar-refractivity contribution is -0.125. The fourth-order valence-corrected chi connectivity index (χ4v) is 2.30. The maximum Gasteiger partial charge on any atom is 0.414 e. The smallest absolute Gasteiger partial charge is 0.414 e. The molecule has 0 saturated carbocycles. The number of alkyl carbamates (subject to hydrolysis) is 1. The number of rotatable bonds is 5. The van der Waals surface area contributed by atoms with Crippen LogP contribution in [0.1, 0.15) is 17.3 Å². The molecule has 0 bridgehead atoms. The van der Waals surface area contributed by atoms with Crippen LogP contribution in [0.3, 0.4) is 0 Å². The number of aromatic nitrogens is 2. The summed E-state index contributed by atoms with van der Waals surface area (Å²) in [6.45, 7) is 1.27. The highest BCUT2D eigenvalue weighted by molar-refractivity contribution is 6.03. The number of nitrogens with two attached hydrogens (primary N) is 1. The van der Waals surface area contributed by atoms with Crippen LogP contribution in [0.5, 0.6) is 0 Å². The number of imide groups is 1. The molecule has 1 aromatic heterocycles. The van der Waals surface area contributed by atoms with E-state index in [4.69, 9.17) is 10.3 Å². The highest BCUT2D eigenvalue weighted by atomic mass is 19.1. The van der Waals surface area contributed by atoms with Gasteiger partial charge in [-0.05, 0) is 31.2 Å². The van der Waals surface area contributed by atoms with Crippen molar-refractivity contribution in [3.05, 3.63) is 59.9 Å². The van der Waals surface area contributed by atoms with Crippen LogP contribution in [0.25, 0.3) is 22.8 Å². The van der Waals surface area contributed by atoms with E-state index in [0.717, 1.165) is 0 Å². The van der Waals surface area contributed by atoms with Gasteiger partial charge in [0.25, 0.3) is 17.7 Å². The first-order valence-electron chi connectivity index (χ1n) is 8.35.